The first-order valence-electron chi connectivity index (χ1n) is 8.58. The van der Waals surface area contributed by atoms with Crippen LogP contribution in [-0.4, -0.2) is 28.0 Å². The van der Waals surface area contributed by atoms with Crippen molar-refractivity contribution in [1.29, 1.82) is 0 Å². The van der Waals surface area contributed by atoms with E-state index in [-0.39, 0.29) is 17.9 Å². The van der Waals surface area contributed by atoms with Crippen LogP contribution in [0.1, 0.15) is 25.8 Å². The molecule has 146 valence electrons. The number of benzene rings is 1. The zero-order valence-electron chi connectivity index (χ0n) is 16.0. The Morgan fingerprint density at radius 1 is 1.21 bits per heavy atom. The lowest BCUT2D eigenvalue weighted by Gasteiger charge is -2.15. The molecular weight excluding hydrogens is 398 g/mol. The van der Waals surface area contributed by atoms with Gasteiger partial charge < -0.3 is 9.47 Å². The van der Waals surface area contributed by atoms with Gasteiger partial charge in [0.2, 0.25) is 5.28 Å². The summed E-state index contributed by atoms with van der Waals surface area (Å²) in [5.74, 6) is 0.440. The Morgan fingerprint density at radius 3 is 2.68 bits per heavy atom. The van der Waals surface area contributed by atoms with E-state index in [0.29, 0.717) is 10.7 Å². The lowest BCUT2D eigenvalue weighted by Crippen LogP contribution is -2.22. The minimum Gasteiger partial charge on any atom is -0.497 e. The molecular formula is C20H20ClN3O3S. The number of halogens is 1. The number of thiazole rings is 1. The summed E-state index contributed by atoms with van der Waals surface area (Å²) in [7, 11) is 1.61. The van der Waals surface area contributed by atoms with Gasteiger partial charge in [-0.15, -0.1) is 11.3 Å². The highest BCUT2D eigenvalue weighted by atomic mass is 35.5. The molecule has 3 rings (SSSR count). The Hall–Kier alpha value is -2.51. The maximum absolute atomic E-state index is 12.1. The molecule has 0 spiro atoms. The van der Waals surface area contributed by atoms with E-state index in [1.807, 2.05) is 45.0 Å². The van der Waals surface area contributed by atoms with Crippen LogP contribution in [0.4, 0.5) is 0 Å². The van der Waals surface area contributed by atoms with Crippen molar-refractivity contribution in [3.05, 3.63) is 46.8 Å². The molecule has 28 heavy (non-hydrogen) atoms. The fourth-order valence-corrected chi connectivity index (χ4v) is 3.49. The summed E-state index contributed by atoms with van der Waals surface area (Å²) in [4.78, 5) is 25.9. The van der Waals surface area contributed by atoms with Crippen molar-refractivity contribution in [3.8, 4) is 27.6 Å². The van der Waals surface area contributed by atoms with Gasteiger partial charge in [-0.25, -0.2) is 15.0 Å². The largest absolute Gasteiger partial charge is 0.497 e. The van der Waals surface area contributed by atoms with Crippen LogP contribution < -0.4 is 4.74 Å². The van der Waals surface area contributed by atoms with Crippen molar-refractivity contribution in [2.24, 2.45) is 5.41 Å². The van der Waals surface area contributed by atoms with Crippen molar-refractivity contribution >= 4 is 28.9 Å². The lowest BCUT2D eigenvalue weighted by atomic mass is 9.97. The Labute approximate surface area is 172 Å². The summed E-state index contributed by atoms with van der Waals surface area (Å²) < 4.78 is 10.8. The predicted octanol–water partition coefficient (Wildman–Crippen LogP) is 5.02. The molecule has 0 radical (unpaired) electrons. The molecule has 0 saturated carbocycles. The molecule has 6 nitrogen and oxygen atoms in total. The van der Waals surface area contributed by atoms with Crippen LogP contribution in [0.5, 0.6) is 5.75 Å². The number of methoxy groups -OCH3 is 1. The molecule has 0 aliphatic carbocycles. The zero-order chi connectivity index (χ0) is 20.3. The number of ether oxygens (including phenoxy) is 2. The summed E-state index contributed by atoms with van der Waals surface area (Å²) in [6.07, 6.45) is 1.60. The van der Waals surface area contributed by atoms with Crippen molar-refractivity contribution in [2.75, 3.05) is 7.11 Å². The fraction of sp³-hybridized carbons (Fsp3) is 0.300. The van der Waals surface area contributed by atoms with Crippen molar-refractivity contribution in [2.45, 2.75) is 27.4 Å². The average molecular weight is 418 g/mol. The van der Waals surface area contributed by atoms with Crippen molar-refractivity contribution in [1.82, 2.24) is 15.0 Å². The molecule has 1 aromatic carbocycles. The SMILES string of the molecule is COc1cccc(-c2nc(COC(=O)C(C)(C)C)sc2-c2ccnc(Cl)n2)c1. The van der Waals surface area contributed by atoms with Crippen LogP contribution in [0.15, 0.2) is 36.5 Å². The molecule has 0 unspecified atom stereocenters. The predicted molar refractivity (Wildman–Crippen MR) is 109 cm³/mol. The van der Waals surface area contributed by atoms with E-state index in [9.17, 15) is 4.79 Å². The average Bonchev–Trinajstić information content (AvgIpc) is 3.09. The van der Waals surface area contributed by atoms with Crippen molar-refractivity contribution in [3.63, 3.8) is 0 Å². The number of aromatic nitrogens is 3. The van der Waals surface area contributed by atoms with E-state index < -0.39 is 5.41 Å². The maximum Gasteiger partial charge on any atom is 0.311 e. The van der Waals surface area contributed by atoms with Gasteiger partial charge in [-0.3, -0.25) is 4.79 Å². The standard InChI is InChI=1S/C20H20ClN3O3S/c1-20(2,3)18(25)27-11-15-24-16(12-6-5-7-13(10-12)26-4)17(28-15)14-8-9-22-19(21)23-14/h5-10H,11H2,1-4H3. The second-order valence-electron chi connectivity index (χ2n) is 7.05. The van der Waals surface area contributed by atoms with Gasteiger partial charge in [-0.1, -0.05) is 12.1 Å². The first-order valence-corrected chi connectivity index (χ1v) is 9.77. The number of rotatable bonds is 5. The maximum atomic E-state index is 12.1. The molecule has 0 fully saturated rings. The van der Waals surface area contributed by atoms with Gasteiger partial charge in [0.1, 0.15) is 17.4 Å². The first-order chi connectivity index (χ1) is 13.3. The van der Waals surface area contributed by atoms with Crippen LogP contribution in [0.2, 0.25) is 5.28 Å². The second-order valence-corrected chi connectivity index (χ2v) is 8.48. The van der Waals surface area contributed by atoms with E-state index >= 15 is 0 Å². The third-order valence-electron chi connectivity index (χ3n) is 3.81. The molecule has 3 aromatic rings. The Bertz CT molecular complexity index is 998. The molecule has 0 saturated heterocycles. The Morgan fingerprint density at radius 2 is 2.00 bits per heavy atom. The summed E-state index contributed by atoms with van der Waals surface area (Å²) in [5.41, 5.74) is 1.67. The number of nitrogens with zero attached hydrogens (tertiary/aromatic N) is 3. The summed E-state index contributed by atoms with van der Waals surface area (Å²) in [6.45, 7) is 5.53. The van der Waals surface area contributed by atoms with Gasteiger partial charge in [0.05, 0.1) is 28.8 Å². The van der Waals surface area contributed by atoms with E-state index in [1.54, 1.807) is 19.4 Å². The third-order valence-corrected chi connectivity index (χ3v) is 5.05. The minimum absolute atomic E-state index is 0.0938. The van der Waals surface area contributed by atoms with Crippen LogP contribution >= 0.6 is 22.9 Å². The monoisotopic (exact) mass is 417 g/mol. The molecule has 8 heteroatoms. The normalized spacial score (nSPS) is 11.3. The van der Waals surface area contributed by atoms with E-state index in [2.05, 4.69) is 9.97 Å². The van der Waals surface area contributed by atoms with E-state index in [1.165, 1.54) is 11.3 Å². The highest BCUT2D eigenvalue weighted by molar-refractivity contribution is 7.15. The van der Waals surface area contributed by atoms with E-state index in [4.69, 9.17) is 26.1 Å². The first kappa shape index (κ1) is 20.2. The highest BCUT2D eigenvalue weighted by Gasteiger charge is 2.24. The molecule has 2 aromatic heterocycles. The number of carbonyl (C=O) groups excluding carboxylic acids is 1. The van der Waals surface area contributed by atoms with Crippen molar-refractivity contribution < 1.29 is 14.3 Å². The molecule has 0 N–H and O–H groups in total. The second kappa shape index (κ2) is 8.24. The third kappa shape index (κ3) is 4.66. The van der Waals surface area contributed by atoms with Crippen LogP contribution in [0.3, 0.4) is 0 Å². The molecule has 0 amide bonds. The summed E-state index contributed by atoms with van der Waals surface area (Å²) in [6, 6.07) is 9.36. The minimum atomic E-state index is -0.574. The van der Waals surface area contributed by atoms with Gasteiger partial charge in [-0.2, -0.15) is 0 Å². The van der Waals surface area contributed by atoms with Crippen LogP contribution in [0.25, 0.3) is 21.8 Å². The molecule has 0 atom stereocenters. The summed E-state index contributed by atoms with van der Waals surface area (Å²) in [5, 5.41) is 0.823. The zero-order valence-corrected chi connectivity index (χ0v) is 17.6. The van der Waals surface area contributed by atoms with Gasteiger partial charge in [0, 0.05) is 11.8 Å². The quantitative estimate of drug-likeness (QED) is 0.428. The number of hydrogen-bond donors (Lipinski definition) is 0. The number of carbonyl (C=O) groups is 1. The Kier molecular flexibility index (Phi) is 5.96. The van der Waals surface area contributed by atoms with Gasteiger partial charge in [0.15, 0.2) is 0 Å². The summed E-state index contributed by atoms with van der Waals surface area (Å²) >= 11 is 7.38. The van der Waals surface area contributed by atoms with Gasteiger partial charge >= 0.3 is 5.97 Å². The topological polar surface area (TPSA) is 74.2 Å². The molecule has 2 heterocycles. The van der Waals surface area contributed by atoms with Crippen LogP contribution in [0, 0.1) is 5.41 Å². The number of hydrogen-bond acceptors (Lipinski definition) is 7. The molecule has 0 bridgehead atoms. The van der Waals surface area contributed by atoms with E-state index in [0.717, 1.165) is 21.9 Å². The molecule has 0 aliphatic heterocycles. The highest BCUT2D eigenvalue weighted by Crippen LogP contribution is 2.37. The Balaban J connectivity index is 2.01. The van der Waals surface area contributed by atoms with Crippen LogP contribution in [-0.2, 0) is 16.1 Å². The lowest BCUT2D eigenvalue weighted by molar-refractivity contribution is -0.154. The van der Waals surface area contributed by atoms with Gasteiger partial charge in [0.25, 0.3) is 0 Å². The number of esters is 1. The molecule has 0 aliphatic rings. The fourth-order valence-electron chi connectivity index (χ4n) is 2.37. The van der Waals surface area contributed by atoms with Gasteiger partial charge in [-0.05, 0) is 50.6 Å². The smallest absolute Gasteiger partial charge is 0.311 e.